The maximum atomic E-state index is 12.9. The van der Waals surface area contributed by atoms with Crippen molar-refractivity contribution < 1.29 is 27.6 Å². The Kier molecular flexibility index (Phi) is 6.40. The van der Waals surface area contributed by atoms with Crippen molar-refractivity contribution in [2.24, 2.45) is 0 Å². The fraction of sp³-hybridized carbons (Fsp3) is 0.136. The number of nitro groups is 1. The first-order valence-electron chi connectivity index (χ1n) is 9.15. The summed E-state index contributed by atoms with van der Waals surface area (Å²) >= 11 is 5.98. The number of hydrogen-bond acceptors (Lipinski definition) is 4. The molecule has 10 heteroatoms. The quantitative estimate of drug-likeness (QED) is 0.311. The van der Waals surface area contributed by atoms with Crippen LogP contribution in [0.5, 0.6) is 11.5 Å². The molecule has 166 valence electrons. The van der Waals surface area contributed by atoms with Crippen molar-refractivity contribution in [1.29, 1.82) is 0 Å². The SMILES string of the molecule is CC(=O)N(C)c1cc(Oc2ccc(C(F)(F)F)cc2Cl)cc(-c2ccccc2)c1[N+](=O)[O-]. The predicted octanol–water partition coefficient (Wildman–Crippen LogP) is 6.71. The van der Waals surface area contributed by atoms with Crippen LogP contribution in [0.2, 0.25) is 5.02 Å². The molecule has 0 saturated carbocycles. The topological polar surface area (TPSA) is 72.7 Å². The van der Waals surface area contributed by atoms with Gasteiger partial charge >= 0.3 is 11.9 Å². The number of halogens is 4. The van der Waals surface area contributed by atoms with Gasteiger partial charge in [0.15, 0.2) is 0 Å². The second-order valence-electron chi connectivity index (χ2n) is 6.78. The Bertz CT molecular complexity index is 1180. The lowest BCUT2D eigenvalue weighted by molar-refractivity contribution is -0.383. The van der Waals surface area contributed by atoms with E-state index in [0.717, 1.165) is 23.1 Å². The van der Waals surface area contributed by atoms with E-state index in [1.54, 1.807) is 30.3 Å². The number of nitro benzene ring substituents is 1. The van der Waals surface area contributed by atoms with Crippen LogP contribution in [-0.2, 0) is 11.0 Å². The molecule has 0 unspecified atom stereocenters. The van der Waals surface area contributed by atoms with E-state index < -0.39 is 22.6 Å². The molecule has 0 aliphatic carbocycles. The number of rotatable bonds is 5. The highest BCUT2D eigenvalue weighted by Crippen LogP contribution is 2.43. The maximum absolute atomic E-state index is 12.9. The summed E-state index contributed by atoms with van der Waals surface area (Å²) in [5.41, 5.74) is -0.650. The molecule has 0 N–H and O–H groups in total. The van der Waals surface area contributed by atoms with Crippen LogP contribution >= 0.6 is 11.6 Å². The normalized spacial score (nSPS) is 11.2. The molecule has 0 aromatic heterocycles. The molecule has 0 aliphatic heterocycles. The third-order valence-corrected chi connectivity index (χ3v) is 4.95. The highest BCUT2D eigenvalue weighted by molar-refractivity contribution is 6.32. The first kappa shape index (κ1) is 23.1. The number of nitrogens with zero attached hydrogens (tertiary/aromatic N) is 2. The number of amides is 1. The fourth-order valence-corrected chi connectivity index (χ4v) is 3.21. The first-order chi connectivity index (χ1) is 15.0. The standard InChI is InChI=1S/C22H16ClF3N2O4/c1-13(29)27(2)19-12-16(32-20-9-8-15(10-18(20)23)22(24,25)26)11-17(21(19)28(30)31)14-6-4-3-5-7-14/h3-12H,1-2H3. The molecule has 3 rings (SSSR count). The molecule has 0 spiro atoms. The second kappa shape index (κ2) is 8.88. The number of carbonyl (C=O) groups excluding carboxylic acids is 1. The van der Waals surface area contributed by atoms with Crippen LogP contribution in [0.15, 0.2) is 60.7 Å². The minimum absolute atomic E-state index is 0.0399. The monoisotopic (exact) mass is 464 g/mol. The van der Waals surface area contributed by atoms with Crippen LogP contribution in [0.3, 0.4) is 0 Å². The second-order valence-corrected chi connectivity index (χ2v) is 7.19. The lowest BCUT2D eigenvalue weighted by Gasteiger charge is -2.19. The summed E-state index contributed by atoms with van der Waals surface area (Å²) in [5.74, 6) is -0.486. The van der Waals surface area contributed by atoms with E-state index in [1.165, 1.54) is 26.1 Å². The molecule has 0 bridgehead atoms. The van der Waals surface area contributed by atoms with Gasteiger partial charge in [-0.15, -0.1) is 0 Å². The minimum atomic E-state index is -4.58. The van der Waals surface area contributed by atoms with Crippen molar-refractivity contribution in [2.45, 2.75) is 13.1 Å². The van der Waals surface area contributed by atoms with E-state index in [-0.39, 0.29) is 33.5 Å². The summed E-state index contributed by atoms with van der Waals surface area (Å²) in [7, 11) is 1.37. The van der Waals surface area contributed by atoms with Crippen molar-refractivity contribution in [3.63, 3.8) is 0 Å². The van der Waals surface area contributed by atoms with Gasteiger partial charge in [-0.1, -0.05) is 41.9 Å². The third-order valence-electron chi connectivity index (χ3n) is 4.65. The van der Waals surface area contributed by atoms with Crippen LogP contribution in [0.1, 0.15) is 12.5 Å². The molecule has 1 amide bonds. The van der Waals surface area contributed by atoms with Gasteiger partial charge < -0.3 is 9.64 Å². The summed E-state index contributed by atoms with van der Waals surface area (Å²) in [6.45, 7) is 1.24. The Hall–Kier alpha value is -3.59. The molecular weight excluding hydrogens is 449 g/mol. The lowest BCUT2D eigenvalue weighted by Crippen LogP contribution is -2.24. The van der Waals surface area contributed by atoms with Crippen LogP contribution in [0.4, 0.5) is 24.5 Å². The molecule has 0 saturated heterocycles. The van der Waals surface area contributed by atoms with Crippen LogP contribution < -0.4 is 9.64 Å². The van der Waals surface area contributed by atoms with Crippen molar-refractivity contribution in [3.05, 3.63) is 81.4 Å². The average molecular weight is 465 g/mol. The number of benzene rings is 3. The van der Waals surface area contributed by atoms with Gasteiger partial charge in [-0.05, 0) is 29.8 Å². The first-order valence-corrected chi connectivity index (χ1v) is 9.53. The van der Waals surface area contributed by atoms with Crippen molar-refractivity contribution in [1.82, 2.24) is 0 Å². The van der Waals surface area contributed by atoms with Crippen LogP contribution in [-0.4, -0.2) is 17.9 Å². The van der Waals surface area contributed by atoms with E-state index in [1.807, 2.05) is 0 Å². The maximum Gasteiger partial charge on any atom is 0.416 e. The Morgan fingerprint density at radius 2 is 1.75 bits per heavy atom. The van der Waals surface area contributed by atoms with Gasteiger partial charge in [0.05, 0.1) is 21.1 Å². The number of anilines is 1. The Labute approximate surface area is 185 Å². The molecule has 0 radical (unpaired) electrons. The van der Waals surface area contributed by atoms with Crippen LogP contribution in [0.25, 0.3) is 11.1 Å². The zero-order chi connectivity index (χ0) is 23.6. The summed E-state index contributed by atoms with van der Waals surface area (Å²) in [4.78, 5) is 24.3. The Balaban J connectivity index is 2.18. The lowest BCUT2D eigenvalue weighted by atomic mass is 10.0. The summed E-state index contributed by atoms with van der Waals surface area (Å²) in [6.07, 6.45) is -4.58. The highest BCUT2D eigenvalue weighted by Gasteiger charge is 2.31. The number of alkyl halides is 3. The molecular formula is C22H16ClF3N2O4. The highest BCUT2D eigenvalue weighted by atomic mass is 35.5. The molecule has 3 aromatic carbocycles. The molecule has 0 atom stereocenters. The summed E-state index contributed by atoms with van der Waals surface area (Å²) in [5, 5.41) is 11.6. The van der Waals surface area contributed by atoms with Gasteiger partial charge in [-0.2, -0.15) is 13.2 Å². The molecule has 0 fully saturated rings. The van der Waals surface area contributed by atoms with Crippen molar-refractivity contribution >= 4 is 28.9 Å². The zero-order valence-electron chi connectivity index (χ0n) is 16.8. The Morgan fingerprint density at radius 3 is 2.28 bits per heavy atom. The van der Waals surface area contributed by atoms with Crippen LogP contribution in [0, 0.1) is 10.1 Å². The van der Waals surface area contributed by atoms with Crippen molar-refractivity contribution in [3.8, 4) is 22.6 Å². The minimum Gasteiger partial charge on any atom is -0.456 e. The fourth-order valence-electron chi connectivity index (χ4n) is 2.99. The summed E-state index contributed by atoms with van der Waals surface area (Å²) < 4.78 is 44.4. The summed E-state index contributed by atoms with van der Waals surface area (Å²) in [6, 6.07) is 13.6. The van der Waals surface area contributed by atoms with Gasteiger partial charge in [-0.3, -0.25) is 14.9 Å². The van der Waals surface area contributed by atoms with E-state index in [9.17, 15) is 28.1 Å². The molecule has 32 heavy (non-hydrogen) atoms. The van der Waals surface area contributed by atoms with E-state index in [2.05, 4.69) is 0 Å². The molecule has 6 nitrogen and oxygen atoms in total. The predicted molar refractivity (Wildman–Crippen MR) is 114 cm³/mol. The molecule has 0 heterocycles. The van der Waals surface area contributed by atoms with Gasteiger partial charge in [0, 0.05) is 20.0 Å². The smallest absolute Gasteiger partial charge is 0.416 e. The van der Waals surface area contributed by atoms with Gasteiger partial charge in [0.2, 0.25) is 5.91 Å². The van der Waals surface area contributed by atoms with E-state index in [0.29, 0.717) is 5.56 Å². The average Bonchev–Trinajstić information content (AvgIpc) is 2.73. The molecule has 0 aliphatic rings. The zero-order valence-corrected chi connectivity index (χ0v) is 17.6. The van der Waals surface area contributed by atoms with Gasteiger partial charge in [-0.25, -0.2) is 0 Å². The van der Waals surface area contributed by atoms with E-state index in [4.69, 9.17) is 16.3 Å². The largest absolute Gasteiger partial charge is 0.456 e. The Morgan fingerprint density at radius 1 is 1.09 bits per heavy atom. The number of ether oxygens (including phenoxy) is 1. The van der Waals surface area contributed by atoms with Gasteiger partial charge in [0.1, 0.15) is 17.2 Å². The van der Waals surface area contributed by atoms with Crippen molar-refractivity contribution in [2.75, 3.05) is 11.9 Å². The molecule has 3 aromatic rings. The van der Waals surface area contributed by atoms with Gasteiger partial charge in [0.25, 0.3) is 0 Å². The third kappa shape index (κ3) is 4.83. The van der Waals surface area contributed by atoms with E-state index >= 15 is 0 Å². The number of hydrogen-bond donors (Lipinski definition) is 0. The number of carbonyl (C=O) groups is 1.